The van der Waals surface area contributed by atoms with Gasteiger partial charge in [-0.05, 0) is 48.7 Å². The highest BCUT2D eigenvalue weighted by molar-refractivity contribution is 5.92. The van der Waals surface area contributed by atoms with E-state index in [-0.39, 0.29) is 12.5 Å². The Morgan fingerprint density at radius 3 is 2.52 bits per heavy atom. The molecule has 0 unspecified atom stereocenters. The van der Waals surface area contributed by atoms with Gasteiger partial charge >= 0.3 is 0 Å². The lowest BCUT2D eigenvalue weighted by molar-refractivity contribution is -0.118. The lowest BCUT2D eigenvalue weighted by Gasteiger charge is -2.11. The van der Waals surface area contributed by atoms with E-state index < -0.39 is 0 Å². The molecule has 0 spiro atoms. The minimum absolute atomic E-state index is 0.170. The van der Waals surface area contributed by atoms with Crippen LogP contribution in [0.5, 0.6) is 11.5 Å². The highest BCUT2D eigenvalue weighted by Crippen LogP contribution is 2.27. The van der Waals surface area contributed by atoms with Crippen LogP contribution in [0.1, 0.15) is 35.7 Å². The minimum Gasteiger partial charge on any atom is -0.493 e. The van der Waals surface area contributed by atoms with Crippen LogP contribution in [0.25, 0.3) is 0 Å². The molecule has 1 amide bonds. The molecule has 2 rings (SSSR count). The Hall–Kier alpha value is -2.82. The summed E-state index contributed by atoms with van der Waals surface area (Å²) in [7, 11) is 1.50. The maximum atomic E-state index is 12.1. The number of benzene rings is 2. The van der Waals surface area contributed by atoms with Crippen molar-refractivity contribution in [3.63, 3.8) is 0 Å². The number of unbranched alkanes of at least 4 members (excludes halogenated alkanes) is 1. The Kier molecular flexibility index (Phi) is 7.01. The van der Waals surface area contributed by atoms with Crippen molar-refractivity contribution in [3.8, 4) is 11.5 Å². The van der Waals surface area contributed by atoms with Crippen molar-refractivity contribution in [3.05, 3.63) is 53.6 Å². The second-order valence-electron chi connectivity index (χ2n) is 5.67. The highest BCUT2D eigenvalue weighted by atomic mass is 16.5. The van der Waals surface area contributed by atoms with E-state index in [2.05, 4.69) is 12.2 Å². The SMILES string of the molecule is CCCCc1ccc(NC(=O)COc2cc(C=O)ccc2OC)cc1. The lowest BCUT2D eigenvalue weighted by Crippen LogP contribution is -2.20. The van der Waals surface area contributed by atoms with E-state index >= 15 is 0 Å². The summed E-state index contributed by atoms with van der Waals surface area (Å²) in [5.74, 6) is 0.552. The molecule has 1 N–H and O–H groups in total. The summed E-state index contributed by atoms with van der Waals surface area (Å²) in [6.45, 7) is 1.99. The number of methoxy groups -OCH3 is 1. The van der Waals surface area contributed by atoms with Gasteiger partial charge in [0.2, 0.25) is 0 Å². The minimum atomic E-state index is -0.278. The molecule has 0 aliphatic rings. The summed E-state index contributed by atoms with van der Waals surface area (Å²) >= 11 is 0. The molecule has 5 nitrogen and oxygen atoms in total. The second kappa shape index (κ2) is 9.47. The first kappa shape index (κ1) is 18.5. The normalized spacial score (nSPS) is 10.2. The summed E-state index contributed by atoms with van der Waals surface area (Å²) in [5.41, 5.74) is 2.44. The molecule has 5 heteroatoms. The van der Waals surface area contributed by atoms with E-state index in [1.165, 1.54) is 12.7 Å². The van der Waals surface area contributed by atoms with E-state index in [0.717, 1.165) is 24.9 Å². The van der Waals surface area contributed by atoms with E-state index in [1.807, 2.05) is 24.3 Å². The Bertz CT molecular complexity index is 710. The number of rotatable bonds is 9. The number of amides is 1. The van der Waals surface area contributed by atoms with Gasteiger partial charge in [0, 0.05) is 11.3 Å². The molecule has 0 saturated carbocycles. The number of carbonyl (C=O) groups excluding carboxylic acids is 2. The van der Waals surface area contributed by atoms with Crippen LogP contribution in [0.2, 0.25) is 0 Å². The van der Waals surface area contributed by atoms with Crippen molar-refractivity contribution < 1.29 is 19.1 Å². The van der Waals surface area contributed by atoms with Crippen molar-refractivity contribution in [1.29, 1.82) is 0 Å². The molecule has 0 bridgehead atoms. The van der Waals surface area contributed by atoms with Crippen molar-refractivity contribution in [1.82, 2.24) is 0 Å². The molecule has 0 aliphatic carbocycles. The van der Waals surface area contributed by atoms with E-state index in [1.54, 1.807) is 18.2 Å². The Morgan fingerprint density at radius 1 is 1.12 bits per heavy atom. The molecular formula is C20H23NO4. The number of hydrogen-bond acceptors (Lipinski definition) is 4. The van der Waals surface area contributed by atoms with Crippen LogP contribution in [-0.2, 0) is 11.2 Å². The Morgan fingerprint density at radius 2 is 1.88 bits per heavy atom. The maximum Gasteiger partial charge on any atom is 0.262 e. The van der Waals surface area contributed by atoms with Gasteiger partial charge in [0.25, 0.3) is 5.91 Å². The molecule has 0 aliphatic heterocycles. The Labute approximate surface area is 148 Å². The fourth-order valence-corrected chi connectivity index (χ4v) is 2.36. The Balaban J connectivity index is 1.91. The molecule has 0 aromatic heterocycles. The molecular weight excluding hydrogens is 318 g/mol. The summed E-state index contributed by atoms with van der Waals surface area (Å²) in [4.78, 5) is 22.9. The number of carbonyl (C=O) groups is 2. The van der Waals surface area contributed by atoms with Gasteiger partial charge in [-0.2, -0.15) is 0 Å². The van der Waals surface area contributed by atoms with Crippen molar-refractivity contribution in [2.75, 3.05) is 19.0 Å². The maximum absolute atomic E-state index is 12.1. The summed E-state index contributed by atoms with van der Waals surface area (Å²) in [5, 5.41) is 2.79. The highest BCUT2D eigenvalue weighted by Gasteiger charge is 2.09. The predicted octanol–water partition coefficient (Wildman–Crippen LogP) is 3.87. The van der Waals surface area contributed by atoms with Crippen LogP contribution in [0, 0.1) is 0 Å². The average molecular weight is 341 g/mol. The van der Waals surface area contributed by atoms with Crippen LogP contribution >= 0.6 is 0 Å². The van der Waals surface area contributed by atoms with Gasteiger partial charge in [-0.15, -0.1) is 0 Å². The van der Waals surface area contributed by atoms with Crippen molar-refractivity contribution >= 4 is 17.9 Å². The predicted molar refractivity (Wildman–Crippen MR) is 97.6 cm³/mol. The van der Waals surface area contributed by atoms with Gasteiger partial charge in [0.15, 0.2) is 18.1 Å². The number of aryl methyl sites for hydroxylation is 1. The topological polar surface area (TPSA) is 64.6 Å². The van der Waals surface area contributed by atoms with Crippen molar-refractivity contribution in [2.45, 2.75) is 26.2 Å². The van der Waals surface area contributed by atoms with Gasteiger partial charge in [0.05, 0.1) is 7.11 Å². The molecule has 0 radical (unpaired) electrons. The van der Waals surface area contributed by atoms with E-state index in [9.17, 15) is 9.59 Å². The summed E-state index contributed by atoms with van der Waals surface area (Å²) in [6, 6.07) is 12.6. The first-order chi connectivity index (χ1) is 12.2. The fourth-order valence-electron chi connectivity index (χ4n) is 2.36. The second-order valence-corrected chi connectivity index (χ2v) is 5.67. The lowest BCUT2D eigenvalue weighted by atomic mass is 10.1. The zero-order chi connectivity index (χ0) is 18.1. The van der Waals surface area contributed by atoms with Gasteiger partial charge in [-0.1, -0.05) is 25.5 Å². The molecule has 0 saturated heterocycles. The third kappa shape index (κ3) is 5.64. The summed E-state index contributed by atoms with van der Waals surface area (Å²) < 4.78 is 10.7. The third-order valence-electron chi connectivity index (χ3n) is 3.74. The fraction of sp³-hybridized carbons (Fsp3) is 0.300. The van der Waals surface area contributed by atoms with Crippen LogP contribution in [0.15, 0.2) is 42.5 Å². The molecule has 25 heavy (non-hydrogen) atoms. The average Bonchev–Trinajstić information content (AvgIpc) is 2.65. The quantitative estimate of drug-likeness (QED) is 0.703. The zero-order valence-electron chi connectivity index (χ0n) is 14.6. The first-order valence-corrected chi connectivity index (χ1v) is 8.31. The zero-order valence-corrected chi connectivity index (χ0v) is 14.6. The number of aldehydes is 1. The number of hydrogen-bond donors (Lipinski definition) is 1. The molecule has 0 atom stereocenters. The molecule has 2 aromatic rings. The number of nitrogens with one attached hydrogen (secondary N) is 1. The molecule has 132 valence electrons. The summed E-state index contributed by atoms with van der Waals surface area (Å²) in [6.07, 6.45) is 4.07. The van der Waals surface area contributed by atoms with E-state index in [0.29, 0.717) is 23.3 Å². The molecule has 2 aromatic carbocycles. The van der Waals surface area contributed by atoms with Crippen LogP contribution < -0.4 is 14.8 Å². The smallest absolute Gasteiger partial charge is 0.262 e. The van der Waals surface area contributed by atoms with Gasteiger partial charge in [-0.3, -0.25) is 9.59 Å². The van der Waals surface area contributed by atoms with Gasteiger partial charge < -0.3 is 14.8 Å². The third-order valence-corrected chi connectivity index (χ3v) is 3.74. The van der Waals surface area contributed by atoms with Crippen LogP contribution in [0.3, 0.4) is 0 Å². The standard InChI is InChI=1S/C20H23NO4/c1-3-4-5-15-6-9-17(10-7-15)21-20(23)14-25-19-12-16(13-22)8-11-18(19)24-2/h6-13H,3-5,14H2,1-2H3,(H,21,23). The van der Waals surface area contributed by atoms with Gasteiger partial charge in [0.1, 0.15) is 6.29 Å². The van der Waals surface area contributed by atoms with Crippen molar-refractivity contribution in [2.24, 2.45) is 0 Å². The molecule has 0 fully saturated rings. The van der Waals surface area contributed by atoms with Crippen LogP contribution in [0.4, 0.5) is 5.69 Å². The van der Waals surface area contributed by atoms with Gasteiger partial charge in [-0.25, -0.2) is 0 Å². The largest absolute Gasteiger partial charge is 0.493 e. The number of ether oxygens (including phenoxy) is 2. The van der Waals surface area contributed by atoms with E-state index in [4.69, 9.17) is 9.47 Å². The number of anilines is 1. The first-order valence-electron chi connectivity index (χ1n) is 8.31. The monoisotopic (exact) mass is 341 g/mol. The van der Waals surface area contributed by atoms with Crippen LogP contribution in [-0.4, -0.2) is 25.9 Å². The molecule has 0 heterocycles.